The van der Waals surface area contributed by atoms with E-state index in [1.807, 2.05) is 42.5 Å². The van der Waals surface area contributed by atoms with Crippen molar-refractivity contribution >= 4 is 62.5 Å². The van der Waals surface area contributed by atoms with Gasteiger partial charge in [-0.15, -0.1) is 0 Å². The Kier molecular flexibility index (Phi) is 5.24. The molecule has 8 heteroatoms. The number of anilines is 1. The van der Waals surface area contributed by atoms with Crippen LogP contribution in [-0.2, 0) is 0 Å². The third kappa shape index (κ3) is 3.95. The van der Waals surface area contributed by atoms with Gasteiger partial charge in [0.2, 0.25) is 0 Å². The summed E-state index contributed by atoms with van der Waals surface area (Å²) in [6, 6.07) is 20.2. The van der Waals surface area contributed by atoms with Gasteiger partial charge < -0.3 is 4.42 Å². The molecular formula is C23H13Cl3N4O. The van der Waals surface area contributed by atoms with Crippen LogP contribution < -0.4 is 10.8 Å². The molecule has 2 aromatic heterocycles. The molecule has 2 heterocycles. The van der Waals surface area contributed by atoms with Gasteiger partial charge in [-0.05, 0) is 48.5 Å². The van der Waals surface area contributed by atoms with Crippen LogP contribution in [0, 0.1) is 0 Å². The Morgan fingerprint density at radius 2 is 1.61 bits per heavy atom. The highest BCUT2D eigenvalue weighted by Gasteiger charge is 2.11. The smallest absolute Gasteiger partial charge is 0.157 e. The summed E-state index contributed by atoms with van der Waals surface area (Å²) < 4.78 is 6.09. The number of halogens is 3. The zero-order chi connectivity index (χ0) is 21.4. The second-order valence-corrected chi connectivity index (χ2v) is 8.01. The molecule has 0 aliphatic heterocycles. The molecule has 0 spiro atoms. The zero-order valence-corrected chi connectivity index (χ0v) is 18.1. The van der Waals surface area contributed by atoms with E-state index in [2.05, 4.69) is 20.5 Å². The average molecular weight is 468 g/mol. The number of hydrogen-bond acceptors (Lipinski definition) is 5. The Balaban J connectivity index is 1.71. The maximum Gasteiger partial charge on any atom is 0.157 e. The quantitative estimate of drug-likeness (QED) is 0.292. The fourth-order valence-electron chi connectivity index (χ4n) is 3.25. The fraction of sp³-hybridized carbons (Fsp3) is 0. The van der Waals surface area contributed by atoms with Gasteiger partial charge in [0.25, 0.3) is 0 Å². The molecule has 0 unspecified atom stereocenters. The first-order valence-corrected chi connectivity index (χ1v) is 10.4. The van der Waals surface area contributed by atoms with Crippen LogP contribution >= 0.6 is 34.8 Å². The van der Waals surface area contributed by atoms with Gasteiger partial charge in [0.1, 0.15) is 12.1 Å². The number of nitrogens with one attached hydrogen (secondary N) is 1. The Morgan fingerprint density at radius 1 is 0.806 bits per heavy atom. The average Bonchev–Trinajstić information content (AvgIpc) is 2.78. The minimum atomic E-state index is 0.391. The van der Waals surface area contributed by atoms with E-state index in [4.69, 9.17) is 39.2 Å². The van der Waals surface area contributed by atoms with Crippen molar-refractivity contribution in [2.45, 2.75) is 0 Å². The lowest BCUT2D eigenvalue weighted by Gasteiger charge is -2.08. The van der Waals surface area contributed by atoms with Gasteiger partial charge in [-0.25, -0.2) is 9.97 Å². The van der Waals surface area contributed by atoms with E-state index in [9.17, 15) is 0 Å². The van der Waals surface area contributed by atoms with Crippen molar-refractivity contribution in [3.63, 3.8) is 0 Å². The van der Waals surface area contributed by atoms with Crippen molar-refractivity contribution in [3.8, 4) is 11.3 Å². The summed E-state index contributed by atoms with van der Waals surface area (Å²) in [5, 5.41) is 8.22. The van der Waals surface area contributed by atoms with Crippen molar-refractivity contribution in [1.82, 2.24) is 9.97 Å². The molecule has 0 saturated heterocycles. The van der Waals surface area contributed by atoms with Crippen LogP contribution in [-0.4, -0.2) is 9.97 Å². The van der Waals surface area contributed by atoms with E-state index >= 15 is 0 Å². The molecule has 0 bridgehead atoms. The molecule has 0 fully saturated rings. The Labute approximate surface area is 191 Å². The third-order valence-corrected chi connectivity index (χ3v) is 5.47. The van der Waals surface area contributed by atoms with Crippen LogP contribution in [0.2, 0.25) is 15.1 Å². The Hall–Kier alpha value is -3.12. The number of fused-ring (bicyclic) bond motifs is 2. The van der Waals surface area contributed by atoms with E-state index < -0.39 is 0 Å². The summed E-state index contributed by atoms with van der Waals surface area (Å²) in [6.45, 7) is 0. The number of aromatic nitrogens is 2. The highest BCUT2D eigenvalue weighted by Crippen LogP contribution is 2.30. The lowest BCUT2D eigenvalue weighted by Crippen LogP contribution is -2.08. The van der Waals surface area contributed by atoms with Crippen LogP contribution in [0.5, 0.6) is 0 Å². The van der Waals surface area contributed by atoms with Gasteiger partial charge in [0, 0.05) is 32.4 Å². The molecule has 0 aliphatic carbocycles. The molecule has 152 valence electrons. The molecule has 5 nitrogen and oxygen atoms in total. The molecule has 0 radical (unpaired) electrons. The van der Waals surface area contributed by atoms with Gasteiger partial charge in [-0.2, -0.15) is 5.10 Å². The van der Waals surface area contributed by atoms with Crippen molar-refractivity contribution in [1.29, 1.82) is 0 Å². The molecule has 1 N–H and O–H groups in total. The zero-order valence-electron chi connectivity index (χ0n) is 15.8. The van der Waals surface area contributed by atoms with E-state index in [0.717, 1.165) is 16.5 Å². The summed E-state index contributed by atoms with van der Waals surface area (Å²) in [5.41, 5.74) is 5.18. The highest BCUT2D eigenvalue weighted by atomic mass is 35.5. The lowest BCUT2D eigenvalue weighted by molar-refractivity contribution is 0.618. The van der Waals surface area contributed by atoms with E-state index in [0.29, 0.717) is 43.0 Å². The molecule has 0 amide bonds. The predicted octanol–water partition coefficient (Wildman–Crippen LogP) is 6.93. The molecule has 5 aromatic rings. The Morgan fingerprint density at radius 3 is 2.45 bits per heavy atom. The van der Waals surface area contributed by atoms with E-state index in [-0.39, 0.29) is 0 Å². The lowest BCUT2D eigenvalue weighted by atomic mass is 10.1. The minimum absolute atomic E-state index is 0.391. The Bertz CT molecular complexity index is 1490. The van der Waals surface area contributed by atoms with Crippen molar-refractivity contribution < 1.29 is 4.42 Å². The summed E-state index contributed by atoms with van der Waals surface area (Å²) in [4.78, 5) is 8.60. The molecule has 5 rings (SSSR count). The second kappa shape index (κ2) is 8.19. The van der Waals surface area contributed by atoms with Crippen molar-refractivity contribution in [2.75, 3.05) is 5.43 Å². The van der Waals surface area contributed by atoms with Crippen LogP contribution in [0.3, 0.4) is 0 Å². The molecule has 0 atom stereocenters. The fourth-order valence-corrected chi connectivity index (χ4v) is 3.91. The first kappa shape index (κ1) is 19.8. The number of hydrogen-bond donors (Lipinski definition) is 1. The largest absolute Gasteiger partial charge is 0.454 e. The van der Waals surface area contributed by atoms with Gasteiger partial charge in [0.15, 0.2) is 11.4 Å². The van der Waals surface area contributed by atoms with Crippen LogP contribution in [0.15, 0.2) is 82.6 Å². The van der Waals surface area contributed by atoms with Crippen molar-refractivity contribution in [3.05, 3.63) is 93.5 Å². The van der Waals surface area contributed by atoms with Gasteiger partial charge in [0.05, 0.1) is 15.9 Å². The molecule has 31 heavy (non-hydrogen) atoms. The SMILES string of the molecule is Clc1ccc(-c2c/c(=N\Nc3ncnc4ccccc34)c3cc(Cl)cc(Cl)c3o2)cc1. The summed E-state index contributed by atoms with van der Waals surface area (Å²) in [7, 11) is 0. The second-order valence-electron chi connectivity index (χ2n) is 6.73. The standard InChI is InChI=1S/C23H13Cl3N4O/c24-14-7-5-13(6-8-14)21-11-20(17-9-15(25)10-18(26)22(17)31-21)29-30-23-16-3-1-2-4-19(16)27-12-28-23/h1-12H,(H,27,28,30)/b29-20+. The predicted molar refractivity (Wildman–Crippen MR) is 125 cm³/mol. The summed E-state index contributed by atoms with van der Waals surface area (Å²) in [6.07, 6.45) is 1.49. The molecule has 3 aromatic carbocycles. The van der Waals surface area contributed by atoms with Crippen LogP contribution in [0.1, 0.15) is 0 Å². The van der Waals surface area contributed by atoms with Crippen molar-refractivity contribution in [2.24, 2.45) is 5.10 Å². The topological polar surface area (TPSA) is 63.3 Å². The number of para-hydroxylation sites is 1. The number of nitrogens with zero attached hydrogens (tertiary/aromatic N) is 3. The maximum atomic E-state index is 6.43. The van der Waals surface area contributed by atoms with Crippen LogP contribution in [0.4, 0.5) is 5.82 Å². The normalized spacial score (nSPS) is 11.9. The first-order valence-electron chi connectivity index (χ1n) is 9.27. The molecular weight excluding hydrogens is 455 g/mol. The minimum Gasteiger partial charge on any atom is -0.454 e. The summed E-state index contributed by atoms with van der Waals surface area (Å²) in [5.74, 6) is 1.17. The maximum absolute atomic E-state index is 6.43. The third-order valence-electron chi connectivity index (χ3n) is 4.72. The number of rotatable bonds is 3. The number of benzene rings is 3. The van der Waals surface area contributed by atoms with Crippen LogP contribution in [0.25, 0.3) is 33.2 Å². The molecule has 0 saturated carbocycles. The van der Waals surface area contributed by atoms with E-state index in [1.165, 1.54) is 6.33 Å². The van der Waals surface area contributed by atoms with Gasteiger partial charge >= 0.3 is 0 Å². The van der Waals surface area contributed by atoms with Gasteiger partial charge in [-0.3, -0.25) is 5.43 Å². The summed E-state index contributed by atoms with van der Waals surface area (Å²) >= 11 is 18.7. The van der Waals surface area contributed by atoms with E-state index in [1.54, 1.807) is 24.3 Å². The molecule has 0 aliphatic rings. The highest BCUT2D eigenvalue weighted by molar-refractivity contribution is 6.38. The van der Waals surface area contributed by atoms with Gasteiger partial charge in [-0.1, -0.05) is 46.9 Å². The first-order chi connectivity index (χ1) is 15.1. The monoisotopic (exact) mass is 466 g/mol.